The molecule has 11 nitrogen and oxygen atoms in total. The van der Waals surface area contributed by atoms with Gasteiger partial charge < -0.3 is 20.3 Å². The number of rotatable bonds is 5. The van der Waals surface area contributed by atoms with E-state index in [0.717, 1.165) is 33.2 Å². The van der Waals surface area contributed by atoms with Crippen molar-refractivity contribution in [3.8, 4) is 16.8 Å². The van der Waals surface area contributed by atoms with Gasteiger partial charge in [-0.3, -0.25) is 19.1 Å². The molecular formula is C36H34ClN7O4S. The maximum absolute atomic E-state index is 13.8. The first-order valence-corrected chi connectivity index (χ1v) is 17.1. The summed E-state index contributed by atoms with van der Waals surface area (Å²) in [4.78, 5) is 49.3. The van der Waals surface area contributed by atoms with E-state index in [1.54, 1.807) is 34.4 Å². The van der Waals surface area contributed by atoms with Crippen LogP contribution in [0, 0.1) is 38.0 Å². The first kappa shape index (κ1) is 32.7. The number of benzene rings is 2. The summed E-state index contributed by atoms with van der Waals surface area (Å²) in [6, 6.07) is 11.8. The highest BCUT2D eigenvalue weighted by atomic mass is 35.5. The molecule has 13 heteroatoms. The van der Waals surface area contributed by atoms with E-state index < -0.39 is 12.0 Å². The molecule has 0 saturated carbocycles. The minimum Gasteiger partial charge on any atom is -0.465 e. The highest BCUT2D eigenvalue weighted by Gasteiger charge is 2.54. The number of thiophene rings is 1. The Labute approximate surface area is 292 Å². The number of amides is 2. The predicted molar refractivity (Wildman–Crippen MR) is 187 cm³/mol. The molecule has 1 spiro atoms. The summed E-state index contributed by atoms with van der Waals surface area (Å²) in [6.45, 7) is 8.41. The van der Waals surface area contributed by atoms with Crippen molar-refractivity contribution in [1.82, 2.24) is 24.6 Å². The third-order valence-electron chi connectivity index (χ3n) is 9.47. The van der Waals surface area contributed by atoms with Crippen LogP contribution in [0.2, 0.25) is 5.02 Å². The van der Waals surface area contributed by atoms with E-state index in [9.17, 15) is 14.4 Å². The van der Waals surface area contributed by atoms with Gasteiger partial charge in [-0.05, 0) is 56.7 Å². The van der Waals surface area contributed by atoms with Crippen molar-refractivity contribution in [3.63, 3.8) is 0 Å². The van der Waals surface area contributed by atoms with Crippen molar-refractivity contribution in [2.75, 3.05) is 39.8 Å². The Hall–Kier alpha value is -4.83. The molecule has 49 heavy (non-hydrogen) atoms. The van der Waals surface area contributed by atoms with Gasteiger partial charge >= 0.3 is 5.97 Å². The van der Waals surface area contributed by atoms with Crippen LogP contribution in [0.25, 0.3) is 5.00 Å². The van der Waals surface area contributed by atoms with Crippen molar-refractivity contribution in [2.24, 2.45) is 16.1 Å². The molecule has 2 N–H and O–H groups in total. The standard InChI is InChI=1S/C36H34ClN7O4S/c1-20-21(2)49-34-30(20)31(23-7-10-26(37)11-8-23)39-28(32-41-40-22(3)44(32)34)15-29(45)42-16-36(17-42)18-43(19-36)33(46)25-9-12-27(35(47)48-4)24(14-25)6-5-13-38/h7-12,14,28H,13,15-19,38H2,1-4H3/t28-/m0/s1. The molecule has 3 aliphatic rings. The van der Waals surface area contributed by atoms with Gasteiger partial charge in [-0.15, -0.1) is 21.5 Å². The third kappa shape index (κ3) is 5.71. The Morgan fingerprint density at radius 1 is 1.04 bits per heavy atom. The van der Waals surface area contributed by atoms with Crippen LogP contribution in [0.5, 0.6) is 0 Å². The Balaban J connectivity index is 1.07. The molecule has 1 atom stereocenters. The van der Waals surface area contributed by atoms with Crippen LogP contribution in [-0.4, -0.2) is 87.9 Å². The van der Waals surface area contributed by atoms with Gasteiger partial charge in [0, 0.05) is 63.7 Å². The molecule has 4 aromatic rings. The second-order valence-corrected chi connectivity index (χ2v) is 14.4. The first-order valence-electron chi connectivity index (χ1n) is 15.9. The van der Waals surface area contributed by atoms with Crippen molar-refractivity contribution in [2.45, 2.75) is 33.2 Å². The number of carbonyl (C=O) groups excluding carboxylic acids is 3. The van der Waals surface area contributed by atoms with E-state index >= 15 is 0 Å². The topological polar surface area (TPSA) is 136 Å². The largest absolute Gasteiger partial charge is 0.465 e. The molecule has 250 valence electrons. The van der Waals surface area contributed by atoms with Crippen LogP contribution in [-0.2, 0) is 9.53 Å². The average Bonchev–Trinajstić information content (AvgIpc) is 3.53. The number of likely N-dealkylation sites (tertiary alicyclic amines) is 2. The molecule has 5 heterocycles. The Morgan fingerprint density at radius 2 is 1.76 bits per heavy atom. The molecule has 0 unspecified atom stereocenters. The van der Waals surface area contributed by atoms with Crippen molar-refractivity contribution in [1.29, 1.82) is 0 Å². The molecule has 0 aliphatic carbocycles. The normalized spacial score (nSPS) is 17.1. The SMILES string of the molecule is COC(=O)c1ccc(C(=O)N2CC3(CN(C(=O)C[C@@H]4N=C(c5ccc(Cl)cc5)c5c(sc(C)c5C)-n5c(C)nnc54)C3)C2)cc1C#CCN. The lowest BCUT2D eigenvalue weighted by molar-refractivity contribution is -0.155. The van der Waals surface area contributed by atoms with Crippen LogP contribution < -0.4 is 5.73 Å². The highest BCUT2D eigenvalue weighted by Crippen LogP contribution is 2.43. The van der Waals surface area contributed by atoms with Gasteiger partial charge in [0.1, 0.15) is 16.9 Å². The number of aryl methyl sites for hydroxylation is 2. The van der Waals surface area contributed by atoms with E-state index in [1.165, 1.54) is 12.0 Å². The van der Waals surface area contributed by atoms with Gasteiger partial charge in [-0.25, -0.2) is 4.79 Å². The minimum atomic E-state index is -0.542. The first-order chi connectivity index (χ1) is 23.5. The Bertz CT molecular complexity index is 2110. The zero-order valence-corrected chi connectivity index (χ0v) is 29.1. The van der Waals surface area contributed by atoms with Gasteiger partial charge in [0.25, 0.3) is 5.91 Å². The van der Waals surface area contributed by atoms with Gasteiger partial charge in [0.05, 0.1) is 31.4 Å². The van der Waals surface area contributed by atoms with Crippen LogP contribution in [0.15, 0.2) is 47.5 Å². The van der Waals surface area contributed by atoms with E-state index in [-0.39, 0.29) is 35.8 Å². The summed E-state index contributed by atoms with van der Waals surface area (Å²) in [5.74, 6) is 6.28. The van der Waals surface area contributed by atoms with Gasteiger partial charge in [-0.2, -0.15) is 0 Å². The lowest BCUT2D eigenvalue weighted by Crippen LogP contribution is -2.73. The van der Waals surface area contributed by atoms with E-state index in [2.05, 4.69) is 35.9 Å². The molecule has 2 aromatic heterocycles. The molecule has 7 rings (SSSR count). The monoisotopic (exact) mass is 695 g/mol. The number of hydrogen-bond donors (Lipinski definition) is 1. The molecule has 2 fully saturated rings. The fourth-order valence-corrected chi connectivity index (χ4v) is 8.21. The van der Waals surface area contributed by atoms with E-state index in [0.29, 0.717) is 48.2 Å². The fourth-order valence-electron chi connectivity index (χ4n) is 6.87. The summed E-state index contributed by atoms with van der Waals surface area (Å²) in [7, 11) is 1.30. The number of fused-ring (bicyclic) bond motifs is 3. The molecule has 2 aromatic carbocycles. The van der Waals surface area contributed by atoms with Crippen molar-refractivity contribution >= 4 is 46.4 Å². The number of aliphatic imine (C=N–C) groups is 1. The molecular weight excluding hydrogens is 662 g/mol. The second kappa shape index (κ2) is 12.6. The molecule has 2 saturated heterocycles. The zero-order chi connectivity index (χ0) is 34.6. The van der Waals surface area contributed by atoms with Gasteiger partial charge in [0.15, 0.2) is 5.82 Å². The number of ether oxygens (including phenoxy) is 1. The number of nitrogens with two attached hydrogens (primary N) is 1. The number of esters is 1. The zero-order valence-electron chi connectivity index (χ0n) is 27.5. The molecule has 0 bridgehead atoms. The van der Waals surface area contributed by atoms with Gasteiger partial charge in [0.2, 0.25) is 5.91 Å². The number of methoxy groups -OCH3 is 1. The van der Waals surface area contributed by atoms with Crippen LogP contribution in [0.4, 0.5) is 0 Å². The van der Waals surface area contributed by atoms with Crippen LogP contribution >= 0.6 is 22.9 Å². The maximum Gasteiger partial charge on any atom is 0.339 e. The summed E-state index contributed by atoms with van der Waals surface area (Å²) < 4.78 is 6.90. The predicted octanol–water partition coefficient (Wildman–Crippen LogP) is 4.27. The number of nitrogens with zero attached hydrogens (tertiary/aromatic N) is 6. The quantitative estimate of drug-likeness (QED) is 0.243. The minimum absolute atomic E-state index is 0.0218. The number of aromatic nitrogens is 3. The average molecular weight is 696 g/mol. The highest BCUT2D eigenvalue weighted by molar-refractivity contribution is 7.15. The summed E-state index contributed by atoms with van der Waals surface area (Å²) in [6.07, 6.45) is 0.139. The summed E-state index contributed by atoms with van der Waals surface area (Å²) >= 11 is 7.91. The van der Waals surface area contributed by atoms with Crippen molar-refractivity contribution < 1.29 is 19.1 Å². The molecule has 3 aliphatic heterocycles. The van der Waals surface area contributed by atoms with E-state index in [4.69, 9.17) is 27.1 Å². The number of halogens is 1. The Kier molecular flexibility index (Phi) is 8.39. The number of carbonyl (C=O) groups is 3. The fraction of sp³-hybridized carbons (Fsp3) is 0.333. The lowest BCUT2D eigenvalue weighted by Gasteiger charge is -2.60. The number of hydrogen-bond acceptors (Lipinski definition) is 9. The van der Waals surface area contributed by atoms with Crippen molar-refractivity contribution in [3.05, 3.63) is 97.4 Å². The summed E-state index contributed by atoms with van der Waals surface area (Å²) in [5, 5.41) is 10.6. The smallest absolute Gasteiger partial charge is 0.339 e. The maximum atomic E-state index is 13.8. The molecule has 2 amide bonds. The molecule has 0 radical (unpaired) electrons. The van der Waals surface area contributed by atoms with E-state index in [1.807, 2.05) is 40.7 Å². The van der Waals surface area contributed by atoms with Crippen LogP contribution in [0.3, 0.4) is 0 Å². The third-order valence-corrected chi connectivity index (χ3v) is 10.9. The second-order valence-electron chi connectivity index (χ2n) is 12.8. The lowest BCUT2D eigenvalue weighted by atomic mass is 9.72. The summed E-state index contributed by atoms with van der Waals surface area (Å²) in [5.41, 5.74) is 10.4. The Morgan fingerprint density at radius 3 is 2.45 bits per heavy atom. The van der Waals surface area contributed by atoms with Gasteiger partial charge in [-0.1, -0.05) is 35.6 Å². The van der Waals surface area contributed by atoms with Crippen LogP contribution in [0.1, 0.15) is 72.0 Å².